The normalized spacial score (nSPS) is 15.7. The van der Waals surface area contributed by atoms with Crippen molar-refractivity contribution in [3.8, 4) is 0 Å². The molecule has 28 heavy (non-hydrogen) atoms. The van der Waals surface area contributed by atoms with Crippen LogP contribution in [0.5, 0.6) is 0 Å². The molecule has 0 bridgehead atoms. The van der Waals surface area contributed by atoms with Gasteiger partial charge in [-0.25, -0.2) is 9.97 Å². The lowest BCUT2D eigenvalue weighted by molar-refractivity contribution is 1.06. The van der Waals surface area contributed by atoms with Gasteiger partial charge in [-0.3, -0.25) is 9.80 Å². The molecule has 1 aromatic carbocycles. The van der Waals surface area contributed by atoms with E-state index in [0.717, 1.165) is 23.0 Å². The molecule has 6 nitrogen and oxygen atoms in total. The zero-order chi connectivity index (χ0) is 18.8. The van der Waals surface area contributed by atoms with Crippen molar-refractivity contribution in [2.45, 2.75) is 0 Å². The molecule has 2 aromatic heterocycles. The molecule has 4 radical (unpaired) electrons. The Kier molecular flexibility index (Phi) is 4.14. The van der Waals surface area contributed by atoms with Crippen LogP contribution in [-0.4, -0.2) is 9.97 Å². The minimum Gasteiger partial charge on any atom is -0.315 e. The second-order valence-corrected chi connectivity index (χ2v) is 6.17. The predicted molar refractivity (Wildman–Crippen MR) is 110 cm³/mol. The van der Waals surface area contributed by atoms with Crippen LogP contribution in [-0.2, 0) is 0 Å². The summed E-state index contributed by atoms with van der Waals surface area (Å²) >= 11 is 0. The van der Waals surface area contributed by atoms with Gasteiger partial charge in [0.05, 0.1) is 0 Å². The Morgan fingerprint density at radius 2 is 0.929 bits per heavy atom. The first-order chi connectivity index (χ1) is 13.9. The summed E-state index contributed by atoms with van der Waals surface area (Å²) in [5.41, 5.74) is 2.03. The molecule has 2 aliphatic heterocycles. The smallest absolute Gasteiger partial charge is 0.218 e. The number of nitrogens with zero attached hydrogens (tertiary/aromatic N) is 6. The maximum atomic E-state index is 4.34. The summed E-state index contributed by atoms with van der Waals surface area (Å²) in [4.78, 5) is 16.3. The number of pyridine rings is 2. The van der Waals surface area contributed by atoms with Gasteiger partial charge in [-0.2, -0.15) is 0 Å². The van der Waals surface area contributed by atoms with E-state index in [-0.39, 0.29) is 0 Å². The maximum absolute atomic E-state index is 4.34. The quantitative estimate of drug-likeness (QED) is 0.695. The Morgan fingerprint density at radius 3 is 1.32 bits per heavy atom. The average molecular weight is 364 g/mol. The number of anilines is 4. The Balaban J connectivity index is 1.25. The SMILES string of the molecule is [C]1N(c2ccc(N3[C]N(c4ccccn4)C=C3)cc2)C=CN1c1ccccn1. The van der Waals surface area contributed by atoms with Crippen LogP contribution in [0.2, 0.25) is 0 Å². The Hall–Kier alpha value is -3.80. The molecule has 0 saturated heterocycles. The Bertz CT molecular complexity index is 902. The number of aromatic nitrogens is 2. The zero-order valence-electron chi connectivity index (χ0n) is 14.9. The Labute approximate surface area is 164 Å². The molecule has 2 aliphatic rings. The van der Waals surface area contributed by atoms with Gasteiger partial charge in [-0.15, -0.1) is 0 Å². The summed E-state index contributed by atoms with van der Waals surface area (Å²) in [6.07, 6.45) is 11.3. The van der Waals surface area contributed by atoms with E-state index in [4.69, 9.17) is 0 Å². The first-order valence-electron chi connectivity index (χ1n) is 8.85. The van der Waals surface area contributed by atoms with Crippen LogP contribution in [0.3, 0.4) is 0 Å². The average Bonchev–Trinajstić information content (AvgIpc) is 3.46. The fourth-order valence-electron chi connectivity index (χ4n) is 2.94. The van der Waals surface area contributed by atoms with Crippen molar-refractivity contribution in [3.05, 3.63) is 111 Å². The van der Waals surface area contributed by atoms with Crippen molar-refractivity contribution in [2.24, 2.45) is 0 Å². The standard InChI is InChI=1S/C22H16N6/c1-3-11-23-21(5-1)27-15-13-25(17-27)19-7-9-20(10-8-19)26-14-16-28(18-26)22-6-2-4-12-24-22/h1-16H. The van der Waals surface area contributed by atoms with Crippen LogP contribution < -0.4 is 19.6 Å². The first-order valence-corrected chi connectivity index (χ1v) is 8.85. The van der Waals surface area contributed by atoms with E-state index in [1.165, 1.54) is 0 Å². The van der Waals surface area contributed by atoms with E-state index in [1.807, 2.05) is 105 Å². The van der Waals surface area contributed by atoms with Crippen molar-refractivity contribution in [2.75, 3.05) is 19.6 Å². The molecule has 0 atom stereocenters. The van der Waals surface area contributed by atoms with Crippen molar-refractivity contribution in [1.29, 1.82) is 0 Å². The molecule has 6 heteroatoms. The molecule has 0 aliphatic carbocycles. The highest BCUT2D eigenvalue weighted by atomic mass is 15.4. The molecule has 5 rings (SSSR count). The number of hydrogen-bond acceptors (Lipinski definition) is 6. The summed E-state index contributed by atoms with van der Waals surface area (Å²) in [6, 6.07) is 19.8. The summed E-state index contributed by atoms with van der Waals surface area (Å²) in [5.74, 6) is 1.66. The fourth-order valence-corrected chi connectivity index (χ4v) is 2.94. The van der Waals surface area contributed by atoms with Crippen molar-refractivity contribution >= 4 is 23.0 Å². The highest BCUT2D eigenvalue weighted by molar-refractivity contribution is 5.66. The van der Waals surface area contributed by atoms with E-state index < -0.39 is 0 Å². The lowest BCUT2D eigenvalue weighted by atomic mass is 10.2. The highest BCUT2D eigenvalue weighted by Crippen LogP contribution is 2.30. The van der Waals surface area contributed by atoms with Crippen LogP contribution >= 0.6 is 0 Å². The first kappa shape index (κ1) is 16.4. The zero-order valence-corrected chi connectivity index (χ0v) is 14.9. The van der Waals surface area contributed by atoms with Gasteiger partial charge in [0, 0.05) is 48.6 Å². The largest absolute Gasteiger partial charge is 0.315 e. The molecule has 0 saturated carbocycles. The van der Waals surface area contributed by atoms with Crippen molar-refractivity contribution in [3.63, 3.8) is 0 Å². The van der Waals surface area contributed by atoms with Crippen LogP contribution in [0.1, 0.15) is 0 Å². The van der Waals surface area contributed by atoms with Gasteiger partial charge in [-0.05, 0) is 48.5 Å². The van der Waals surface area contributed by atoms with Gasteiger partial charge in [-0.1, -0.05) is 12.1 Å². The van der Waals surface area contributed by atoms with E-state index in [9.17, 15) is 0 Å². The monoisotopic (exact) mass is 364 g/mol. The summed E-state index contributed by atoms with van der Waals surface area (Å²) in [6.45, 7) is 6.55. The highest BCUT2D eigenvalue weighted by Gasteiger charge is 2.20. The molecular weight excluding hydrogens is 348 g/mol. The van der Waals surface area contributed by atoms with E-state index in [2.05, 4.69) is 23.3 Å². The minimum absolute atomic E-state index is 0.832. The molecule has 3 aromatic rings. The second-order valence-electron chi connectivity index (χ2n) is 6.17. The number of rotatable bonds is 4. The summed E-state index contributed by atoms with van der Waals surface area (Å²) < 4.78 is 0. The van der Waals surface area contributed by atoms with Gasteiger partial charge in [0.15, 0.2) is 0 Å². The summed E-state index contributed by atoms with van der Waals surface area (Å²) in [5, 5.41) is 0. The molecule has 0 N–H and O–H groups in total. The topological polar surface area (TPSA) is 38.7 Å². The third-order valence-corrected chi connectivity index (χ3v) is 4.36. The third-order valence-electron chi connectivity index (χ3n) is 4.36. The van der Waals surface area contributed by atoms with Gasteiger partial charge in [0.25, 0.3) is 0 Å². The molecule has 4 heterocycles. The van der Waals surface area contributed by atoms with E-state index in [0.29, 0.717) is 0 Å². The van der Waals surface area contributed by atoms with Gasteiger partial charge < -0.3 is 9.80 Å². The van der Waals surface area contributed by atoms with E-state index in [1.54, 1.807) is 12.4 Å². The van der Waals surface area contributed by atoms with E-state index >= 15 is 0 Å². The lowest BCUT2D eigenvalue weighted by Crippen LogP contribution is -2.20. The maximum Gasteiger partial charge on any atom is 0.218 e. The van der Waals surface area contributed by atoms with Gasteiger partial charge in [0.1, 0.15) is 11.6 Å². The van der Waals surface area contributed by atoms with Crippen LogP contribution in [0, 0.1) is 13.3 Å². The molecule has 0 spiro atoms. The number of hydrogen-bond donors (Lipinski definition) is 0. The lowest BCUT2D eigenvalue weighted by Gasteiger charge is -2.20. The van der Waals surface area contributed by atoms with Crippen LogP contribution in [0.25, 0.3) is 0 Å². The number of benzene rings is 1. The van der Waals surface area contributed by atoms with Crippen molar-refractivity contribution in [1.82, 2.24) is 9.97 Å². The van der Waals surface area contributed by atoms with Gasteiger partial charge >= 0.3 is 0 Å². The molecule has 0 fully saturated rings. The second kappa shape index (κ2) is 7.08. The summed E-state index contributed by atoms with van der Waals surface area (Å²) in [7, 11) is 0. The van der Waals surface area contributed by atoms with Crippen LogP contribution in [0.4, 0.5) is 23.0 Å². The molecule has 134 valence electrons. The molecule has 0 amide bonds. The van der Waals surface area contributed by atoms with Crippen LogP contribution in [0.15, 0.2) is 97.9 Å². The molecular formula is C22H16N6. The fraction of sp³-hybridized carbons (Fsp3) is 0. The third kappa shape index (κ3) is 3.16. The van der Waals surface area contributed by atoms with Crippen molar-refractivity contribution < 1.29 is 0 Å². The predicted octanol–water partition coefficient (Wildman–Crippen LogP) is 4.06. The minimum atomic E-state index is 0.832. The van der Waals surface area contributed by atoms with Gasteiger partial charge in [0.2, 0.25) is 13.3 Å². The molecule has 0 unspecified atom stereocenters. The Morgan fingerprint density at radius 1 is 0.500 bits per heavy atom.